The quantitative estimate of drug-likeness (QED) is 0.502. The van der Waals surface area contributed by atoms with Crippen molar-refractivity contribution >= 4 is 16.0 Å². The SMILES string of the molecule is CC(CO)CNS(=O)(=O)CC(=O)O. The van der Waals surface area contributed by atoms with E-state index in [2.05, 4.69) is 4.72 Å². The molecule has 0 radical (unpaired) electrons. The Morgan fingerprint density at radius 3 is 2.46 bits per heavy atom. The predicted octanol–water partition coefficient (Wildman–Crippen LogP) is -1.38. The Bertz CT molecular complexity index is 260. The van der Waals surface area contributed by atoms with Gasteiger partial charge in [0.1, 0.15) is 0 Å². The fourth-order valence-electron chi connectivity index (χ4n) is 0.547. The van der Waals surface area contributed by atoms with E-state index in [-0.39, 0.29) is 19.1 Å². The Morgan fingerprint density at radius 1 is 1.54 bits per heavy atom. The van der Waals surface area contributed by atoms with E-state index in [4.69, 9.17) is 10.2 Å². The molecule has 0 fully saturated rings. The van der Waals surface area contributed by atoms with Crippen molar-refractivity contribution < 1.29 is 23.4 Å². The number of carbonyl (C=O) groups is 1. The second-order valence-electron chi connectivity index (χ2n) is 2.79. The highest BCUT2D eigenvalue weighted by Crippen LogP contribution is 1.92. The van der Waals surface area contributed by atoms with Gasteiger partial charge in [-0.2, -0.15) is 0 Å². The number of sulfonamides is 1. The maximum Gasteiger partial charge on any atom is 0.320 e. The Balaban J connectivity index is 3.97. The van der Waals surface area contributed by atoms with Crippen molar-refractivity contribution in [3.63, 3.8) is 0 Å². The molecule has 0 aromatic heterocycles. The normalized spacial score (nSPS) is 14.0. The van der Waals surface area contributed by atoms with Crippen molar-refractivity contribution in [1.82, 2.24) is 4.72 Å². The lowest BCUT2D eigenvalue weighted by Gasteiger charge is -2.08. The smallest absolute Gasteiger partial charge is 0.320 e. The molecule has 0 rings (SSSR count). The van der Waals surface area contributed by atoms with Gasteiger partial charge in [0.25, 0.3) is 0 Å². The largest absolute Gasteiger partial charge is 0.480 e. The molecule has 0 aliphatic heterocycles. The average Bonchev–Trinajstić information content (AvgIpc) is 1.98. The van der Waals surface area contributed by atoms with Crippen molar-refractivity contribution in [3.8, 4) is 0 Å². The van der Waals surface area contributed by atoms with Gasteiger partial charge < -0.3 is 10.2 Å². The summed E-state index contributed by atoms with van der Waals surface area (Å²) in [5, 5.41) is 16.8. The molecule has 0 heterocycles. The number of rotatable bonds is 6. The van der Waals surface area contributed by atoms with Crippen LogP contribution in [0, 0.1) is 5.92 Å². The molecule has 6 nitrogen and oxygen atoms in total. The van der Waals surface area contributed by atoms with Crippen molar-refractivity contribution in [2.75, 3.05) is 18.9 Å². The van der Waals surface area contributed by atoms with E-state index >= 15 is 0 Å². The monoisotopic (exact) mass is 211 g/mol. The van der Waals surface area contributed by atoms with Crippen molar-refractivity contribution in [2.24, 2.45) is 5.92 Å². The minimum atomic E-state index is -3.75. The van der Waals surface area contributed by atoms with Gasteiger partial charge in [-0.3, -0.25) is 4.79 Å². The van der Waals surface area contributed by atoms with E-state index < -0.39 is 21.7 Å². The van der Waals surface area contributed by atoms with Crippen LogP contribution < -0.4 is 4.72 Å². The van der Waals surface area contributed by atoms with E-state index in [9.17, 15) is 13.2 Å². The van der Waals surface area contributed by atoms with Crippen LogP contribution in [-0.4, -0.2) is 43.5 Å². The van der Waals surface area contributed by atoms with Gasteiger partial charge in [-0.25, -0.2) is 13.1 Å². The van der Waals surface area contributed by atoms with Crippen LogP contribution in [0.25, 0.3) is 0 Å². The van der Waals surface area contributed by atoms with Gasteiger partial charge in [0.05, 0.1) is 0 Å². The Hall–Kier alpha value is -0.660. The van der Waals surface area contributed by atoms with Crippen molar-refractivity contribution in [1.29, 1.82) is 0 Å². The fraction of sp³-hybridized carbons (Fsp3) is 0.833. The maximum atomic E-state index is 10.9. The van der Waals surface area contributed by atoms with Crippen molar-refractivity contribution in [3.05, 3.63) is 0 Å². The summed E-state index contributed by atoms with van der Waals surface area (Å²) < 4.78 is 23.8. The first-order valence-corrected chi connectivity index (χ1v) is 5.32. The van der Waals surface area contributed by atoms with Crippen LogP contribution >= 0.6 is 0 Å². The summed E-state index contributed by atoms with van der Waals surface area (Å²) in [5.74, 6) is -2.56. The Labute approximate surface area is 76.6 Å². The summed E-state index contributed by atoms with van der Waals surface area (Å²) in [6.07, 6.45) is 0. The van der Waals surface area contributed by atoms with Crippen LogP contribution in [0.5, 0.6) is 0 Å². The minimum absolute atomic E-state index is 0.0477. The molecule has 1 atom stereocenters. The number of carboxylic acids is 1. The standard InChI is InChI=1S/C6H13NO5S/c1-5(3-8)2-7-13(11,12)4-6(9)10/h5,7-8H,2-4H2,1H3,(H,9,10). The first-order valence-electron chi connectivity index (χ1n) is 3.67. The molecule has 7 heteroatoms. The van der Waals surface area contributed by atoms with E-state index in [0.717, 1.165) is 0 Å². The van der Waals surface area contributed by atoms with Crippen LogP contribution in [0.2, 0.25) is 0 Å². The summed E-state index contributed by atoms with van der Waals surface area (Å²) in [5.41, 5.74) is 0. The lowest BCUT2D eigenvalue weighted by Crippen LogP contribution is -2.33. The zero-order chi connectivity index (χ0) is 10.5. The summed E-state index contributed by atoms with van der Waals surface area (Å²) >= 11 is 0. The zero-order valence-electron chi connectivity index (χ0n) is 7.23. The Morgan fingerprint density at radius 2 is 2.08 bits per heavy atom. The summed E-state index contributed by atoms with van der Waals surface area (Å²) in [6, 6.07) is 0. The lowest BCUT2D eigenvalue weighted by atomic mass is 10.2. The molecule has 1 unspecified atom stereocenters. The Kier molecular flexibility index (Phi) is 4.89. The van der Waals surface area contributed by atoms with Gasteiger partial charge in [0.2, 0.25) is 10.0 Å². The molecule has 0 saturated carbocycles. The highest BCUT2D eigenvalue weighted by Gasteiger charge is 2.15. The first kappa shape index (κ1) is 12.3. The number of hydrogen-bond donors (Lipinski definition) is 3. The molecule has 0 spiro atoms. The number of carboxylic acid groups (broad SMARTS) is 1. The zero-order valence-corrected chi connectivity index (χ0v) is 8.04. The third-order valence-corrected chi connectivity index (χ3v) is 2.51. The molecule has 13 heavy (non-hydrogen) atoms. The van der Waals surface area contributed by atoms with Gasteiger partial charge in [0, 0.05) is 13.2 Å². The third kappa shape index (κ3) is 6.50. The van der Waals surface area contributed by atoms with Crippen LogP contribution in [0.1, 0.15) is 6.92 Å². The first-order chi connectivity index (χ1) is 5.87. The second kappa shape index (κ2) is 5.15. The van der Waals surface area contributed by atoms with E-state index in [0.29, 0.717) is 0 Å². The van der Waals surface area contributed by atoms with Crippen molar-refractivity contribution in [2.45, 2.75) is 6.92 Å². The molecular weight excluding hydrogens is 198 g/mol. The molecule has 0 amide bonds. The average molecular weight is 211 g/mol. The van der Waals surface area contributed by atoms with Gasteiger partial charge >= 0.3 is 5.97 Å². The molecule has 0 saturated heterocycles. The highest BCUT2D eigenvalue weighted by atomic mass is 32.2. The summed E-state index contributed by atoms with van der Waals surface area (Å²) in [4.78, 5) is 10.1. The number of aliphatic hydroxyl groups excluding tert-OH is 1. The maximum absolute atomic E-state index is 10.9. The van der Waals surface area contributed by atoms with E-state index in [1.165, 1.54) is 0 Å². The van der Waals surface area contributed by atoms with Crippen LogP contribution in [0.4, 0.5) is 0 Å². The molecule has 0 aliphatic rings. The van der Waals surface area contributed by atoms with Crippen LogP contribution in [0.3, 0.4) is 0 Å². The van der Waals surface area contributed by atoms with Gasteiger partial charge in [-0.1, -0.05) is 6.92 Å². The summed E-state index contributed by atoms with van der Waals surface area (Å²) in [7, 11) is -3.75. The van der Waals surface area contributed by atoms with Gasteiger partial charge in [0.15, 0.2) is 5.75 Å². The van der Waals surface area contributed by atoms with Crippen LogP contribution in [-0.2, 0) is 14.8 Å². The predicted molar refractivity (Wildman–Crippen MR) is 45.7 cm³/mol. The van der Waals surface area contributed by atoms with Crippen LogP contribution in [0.15, 0.2) is 0 Å². The number of hydrogen-bond acceptors (Lipinski definition) is 4. The topological polar surface area (TPSA) is 104 Å². The molecule has 78 valence electrons. The van der Waals surface area contributed by atoms with E-state index in [1.54, 1.807) is 6.92 Å². The second-order valence-corrected chi connectivity index (χ2v) is 4.60. The minimum Gasteiger partial charge on any atom is -0.480 e. The number of aliphatic hydroxyl groups is 1. The molecule has 3 N–H and O–H groups in total. The molecular formula is C6H13NO5S. The van der Waals surface area contributed by atoms with E-state index in [1.807, 2.05) is 0 Å². The molecule has 0 aliphatic carbocycles. The summed E-state index contributed by atoms with van der Waals surface area (Å²) in [6.45, 7) is 1.55. The highest BCUT2D eigenvalue weighted by molar-refractivity contribution is 7.90. The van der Waals surface area contributed by atoms with Gasteiger partial charge in [-0.15, -0.1) is 0 Å². The number of nitrogens with one attached hydrogen (secondary N) is 1. The lowest BCUT2D eigenvalue weighted by molar-refractivity contribution is -0.134. The molecule has 0 aromatic rings. The van der Waals surface area contributed by atoms with Gasteiger partial charge in [-0.05, 0) is 5.92 Å². The molecule has 0 bridgehead atoms. The molecule has 0 aromatic carbocycles. The number of aliphatic carboxylic acids is 1. The third-order valence-electron chi connectivity index (χ3n) is 1.28. The fourth-order valence-corrected chi connectivity index (χ4v) is 1.51.